The smallest absolute Gasteiger partial charge is 0.466 e. The molecule has 6 N–H and O–H groups in total. The van der Waals surface area contributed by atoms with Crippen LogP contribution in [0.25, 0.3) is 0 Å². The van der Waals surface area contributed by atoms with Crippen LogP contribution < -0.4 is 5.73 Å². The van der Waals surface area contributed by atoms with Gasteiger partial charge in [0, 0.05) is 44.6 Å². The lowest BCUT2D eigenvalue weighted by Crippen LogP contribution is -2.29. The van der Waals surface area contributed by atoms with E-state index in [9.17, 15) is 34.4 Å². The van der Waals surface area contributed by atoms with Crippen LogP contribution in [0, 0.1) is 25.7 Å². The summed E-state index contributed by atoms with van der Waals surface area (Å²) in [4.78, 5) is 35.3. The van der Waals surface area contributed by atoms with Crippen molar-refractivity contribution in [2.45, 2.75) is 225 Å². The molecule has 13 nitrogen and oxygen atoms in total. The number of aliphatic hydroxyl groups excluding tert-OH is 3. The minimum absolute atomic E-state index is 0.0152. The van der Waals surface area contributed by atoms with Crippen LogP contribution in [0.1, 0.15) is 197 Å². The van der Waals surface area contributed by atoms with Crippen LogP contribution in [0.3, 0.4) is 0 Å². The zero-order valence-corrected chi connectivity index (χ0v) is 40.5. The number of hydrogen-bond acceptors (Lipinski definition) is 12. The molecule has 1 fully saturated rings. The molecule has 1 aromatic rings. The zero-order chi connectivity index (χ0) is 46.3. The number of carbonyl (C=O) groups is 2. The first-order chi connectivity index (χ1) is 30.3. The van der Waals surface area contributed by atoms with E-state index in [4.69, 9.17) is 28.7 Å². The largest absolute Gasteiger partial charge is 0.472 e. The molecule has 2 rings (SSSR count). The van der Waals surface area contributed by atoms with Gasteiger partial charge < -0.3 is 39.8 Å². The van der Waals surface area contributed by atoms with E-state index in [1.54, 1.807) is 6.08 Å². The highest BCUT2D eigenvalue weighted by Crippen LogP contribution is 2.43. The number of hydrogen-bond donors (Lipinski definition) is 5. The van der Waals surface area contributed by atoms with E-state index in [1.165, 1.54) is 74.0 Å². The Morgan fingerprint density at radius 2 is 1.29 bits per heavy atom. The molecule has 14 heteroatoms. The Labute approximate surface area is 380 Å². The fourth-order valence-corrected chi connectivity index (χ4v) is 9.21. The van der Waals surface area contributed by atoms with Gasteiger partial charge in [-0.05, 0) is 69.4 Å². The molecule has 0 aromatic carbocycles. The van der Waals surface area contributed by atoms with Gasteiger partial charge in [-0.15, -0.1) is 0 Å². The molecule has 0 bridgehead atoms. The lowest BCUT2D eigenvalue weighted by atomic mass is 9.88. The molecule has 1 aliphatic carbocycles. The Morgan fingerprint density at radius 1 is 0.746 bits per heavy atom. The Balaban J connectivity index is 1.63. The van der Waals surface area contributed by atoms with Gasteiger partial charge in [0.1, 0.15) is 18.1 Å². The Bertz CT molecular complexity index is 1430. The van der Waals surface area contributed by atoms with E-state index in [1.807, 2.05) is 6.08 Å². The molecule has 1 unspecified atom stereocenters. The normalized spacial score (nSPS) is 19.7. The lowest BCUT2D eigenvalue weighted by Gasteiger charge is -2.21. The van der Waals surface area contributed by atoms with Gasteiger partial charge in [-0.2, -0.15) is 0 Å². The third kappa shape index (κ3) is 25.4. The Hall–Kier alpha value is -2.09. The summed E-state index contributed by atoms with van der Waals surface area (Å²) in [6.07, 6.45) is 25.5. The van der Waals surface area contributed by atoms with Gasteiger partial charge in [0.15, 0.2) is 6.10 Å². The Kier molecular flexibility index (Phi) is 31.0. The summed E-state index contributed by atoms with van der Waals surface area (Å²) >= 11 is 0. The molecule has 0 radical (unpaired) electrons. The fraction of sp³-hybridized carbons (Fsp3) is 0.837. The van der Waals surface area contributed by atoms with E-state index < -0.39 is 50.8 Å². The number of furan rings is 1. The average Bonchev–Trinajstić information content (AvgIpc) is 3.68. The average molecular weight is 914 g/mol. The van der Waals surface area contributed by atoms with Crippen molar-refractivity contribution in [2.75, 3.05) is 26.4 Å². The molecule has 0 spiro atoms. The molecular weight excluding hydrogens is 826 g/mol. The molecule has 366 valence electrons. The summed E-state index contributed by atoms with van der Waals surface area (Å²) in [7, 11) is -4.45. The van der Waals surface area contributed by atoms with Crippen LogP contribution in [0.5, 0.6) is 0 Å². The predicted molar refractivity (Wildman–Crippen MR) is 248 cm³/mol. The maximum Gasteiger partial charge on any atom is 0.472 e. The standard InChI is InChI=1S/C49H88NO12P/c1-5-7-19-25-40(51)31-32-43-42(44(52)35-45(43)53)26-21-17-18-24-30-49(55)61-41(37-60-63(56,57)59-34-33-50)36-58-48(54)29-23-16-14-12-10-9-11-13-15-22-28-47-39(4)38(3)46(62-47)27-20-8-6-2/h31-32,40-45,51-53H,5-30,33-37,50H2,1-4H3,(H,56,57)/b32-31+/t40-,41+,42+,43+,44-,45+/m0/s1. The van der Waals surface area contributed by atoms with Gasteiger partial charge in [0.25, 0.3) is 0 Å². The van der Waals surface area contributed by atoms with Gasteiger partial charge in [-0.3, -0.25) is 18.6 Å². The maximum atomic E-state index is 12.8. The molecule has 1 aliphatic rings. The quantitative estimate of drug-likeness (QED) is 0.0181. The van der Waals surface area contributed by atoms with Crippen molar-refractivity contribution in [3.05, 3.63) is 34.8 Å². The van der Waals surface area contributed by atoms with Crippen molar-refractivity contribution >= 4 is 19.8 Å². The predicted octanol–water partition coefficient (Wildman–Crippen LogP) is 10.2. The second-order valence-electron chi connectivity index (χ2n) is 17.9. The highest BCUT2D eigenvalue weighted by molar-refractivity contribution is 7.47. The molecule has 0 amide bonds. The molecule has 1 aromatic heterocycles. The summed E-state index contributed by atoms with van der Waals surface area (Å²) in [6.45, 7) is 7.73. The zero-order valence-electron chi connectivity index (χ0n) is 39.6. The van der Waals surface area contributed by atoms with E-state index >= 15 is 0 Å². The number of unbranched alkanes of at least 4 members (excludes halogenated alkanes) is 16. The number of nitrogens with two attached hydrogens (primary N) is 1. The van der Waals surface area contributed by atoms with Gasteiger partial charge in [0.05, 0.1) is 31.5 Å². The molecular formula is C49H88NO12P. The van der Waals surface area contributed by atoms with Gasteiger partial charge in [-0.25, -0.2) is 4.57 Å². The van der Waals surface area contributed by atoms with E-state index in [2.05, 4.69) is 27.7 Å². The number of aryl methyl sites for hydroxylation is 2. The highest BCUT2D eigenvalue weighted by atomic mass is 31.2. The monoisotopic (exact) mass is 914 g/mol. The van der Waals surface area contributed by atoms with Crippen molar-refractivity contribution in [3.63, 3.8) is 0 Å². The third-order valence-electron chi connectivity index (χ3n) is 12.5. The first-order valence-electron chi connectivity index (χ1n) is 24.8. The van der Waals surface area contributed by atoms with Crippen molar-refractivity contribution in [2.24, 2.45) is 17.6 Å². The van der Waals surface area contributed by atoms with Crippen molar-refractivity contribution < 1.29 is 57.3 Å². The second kappa shape index (κ2) is 34.3. The maximum absolute atomic E-state index is 12.8. The molecule has 1 saturated carbocycles. The number of phosphoric acid groups is 1. The Morgan fingerprint density at radius 3 is 1.89 bits per heavy atom. The van der Waals surface area contributed by atoms with Crippen LogP contribution in [0.15, 0.2) is 16.6 Å². The first kappa shape index (κ1) is 57.0. The SMILES string of the molecule is CCCCCc1oc(CCCCCCCCCCCCC(=O)OC[C@H](COP(=O)(O)OCCN)OC(=O)CCCCCC[C@@H]2[C@@H](/C=C/[C@@H](O)CCCCC)[C@H](O)C[C@@H]2O)c(C)c1C. The van der Waals surface area contributed by atoms with Crippen LogP contribution in [-0.4, -0.2) is 82.9 Å². The highest BCUT2D eigenvalue weighted by Gasteiger charge is 2.39. The van der Waals surface area contributed by atoms with E-state index in [-0.39, 0.29) is 44.4 Å². The molecule has 63 heavy (non-hydrogen) atoms. The third-order valence-corrected chi connectivity index (χ3v) is 13.4. The molecule has 0 aliphatic heterocycles. The lowest BCUT2D eigenvalue weighted by molar-refractivity contribution is -0.161. The number of ether oxygens (including phenoxy) is 2. The molecule has 7 atom stereocenters. The van der Waals surface area contributed by atoms with Gasteiger partial charge in [-0.1, -0.05) is 129 Å². The number of rotatable bonds is 39. The van der Waals surface area contributed by atoms with Crippen LogP contribution >= 0.6 is 7.82 Å². The van der Waals surface area contributed by atoms with Gasteiger partial charge in [0.2, 0.25) is 0 Å². The number of esters is 2. The number of carbonyl (C=O) groups excluding carboxylic acids is 2. The summed E-state index contributed by atoms with van der Waals surface area (Å²) in [5.74, 6) is 1.07. The topological polar surface area (TPSA) is 208 Å². The minimum Gasteiger partial charge on any atom is -0.466 e. The van der Waals surface area contributed by atoms with Gasteiger partial charge >= 0.3 is 19.8 Å². The van der Waals surface area contributed by atoms with Crippen molar-refractivity contribution in [1.82, 2.24) is 0 Å². The number of aliphatic hydroxyl groups is 3. The summed E-state index contributed by atoms with van der Waals surface area (Å²) < 4.78 is 39.2. The molecule has 0 saturated heterocycles. The molecule has 1 heterocycles. The van der Waals surface area contributed by atoms with E-state index in [0.29, 0.717) is 25.7 Å². The second-order valence-corrected chi connectivity index (χ2v) is 19.3. The first-order valence-corrected chi connectivity index (χ1v) is 26.3. The minimum atomic E-state index is -4.45. The van der Waals surface area contributed by atoms with Crippen LogP contribution in [0.4, 0.5) is 0 Å². The van der Waals surface area contributed by atoms with E-state index in [0.717, 1.165) is 83.5 Å². The summed E-state index contributed by atoms with van der Waals surface area (Å²) in [6, 6.07) is 0. The van der Waals surface area contributed by atoms with Crippen LogP contribution in [0.2, 0.25) is 0 Å². The number of phosphoric ester groups is 1. The summed E-state index contributed by atoms with van der Waals surface area (Å²) in [5, 5.41) is 31.4. The van der Waals surface area contributed by atoms with Crippen molar-refractivity contribution in [3.8, 4) is 0 Å². The summed E-state index contributed by atoms with van der Waals surface area (Å²) in [5.41, 5.74) is 8.04. The van der Waals surface area contributed by atoms with Crippen molar-refractivity contribution in [1.29, 1.82) is 0 Å². The fourth-order valence-electron chi connectivity index (χ4n) is 8.44. The van der Waals surface area contributed by atoms with Crippen LogP contribution in [-0.2, 0) is 45.5 Å².